The fourth-order valence-corrected chi connectivity index (χ4v) is 1.63. The fourth-order valence-electron chi connectivity index (χ4n) is 1.63. The number of benzene rings is 1. The highest BCUT2D eigenvalue weighted by atomic mass is 16.4. The molecule has 0 aliphatic heterocycles. The van der Waals surface area contributed by atoms with Crippen molar-refractivity contribution < 1.29 is 14.3 Å². The van der Waals surface area contributed by atoms with Gasteiger partial charge in [0.15, 0.2) is 0 Å². The summed E-state index contributed by atoms with van der Waals surface area (Å²) in [6, 6.07) is 9.12. The summed E-state index contributed by atoms with van der Waals surface area (Å²) in [5.41, 5.74) is 1.51. The van der Waals surface area contributed by atoms with E-state index in [-0.39, 0.29) is 5.89 Å². The molecular formula is C12H7N3O3. The minimum absolute atomic E-state index is 0.179. The smallest absolute Gasteiger partial charge is 0.393 e. The van der Waals surface area contributed by atoms with E-state index in [4.69, 9.17) is 9.52 Å². The number of hydrogen-bond donors (Lipinski definition) is 1. The molecule has 88 valence electrons. The maximum Gasteiger partial charge on any atom is 0.393 e. The van der Waals surface area contributed by atoms with E-state index in [1.165, 1.54) is 0 Å². The van der Waals surface area contributed by atoms with Crippen molar-refractivity contribution in [3.63, 3.8) is 0 Å². The number of pyridine rings is 1. The topological polar surface area (TPSA) is 89.1 Å². The van der Waals surface area contributed by atoms with Crippen LogP contribution in [-0.4, -0.2) is 26.3 Å². The Balaban J connectivity index is 2.10. The van der Waals surface area contributed by atoms with E-state index in [9.17, 15) is 4.79 Å². The van der Waals surface area contributed by atoms with Crippen molar-refractivity contribution in [1.82, 2.24) is 15.2 Å². The molecule has 1 N–H and O–H groups in total. The molecule has 0 atom stereocenters. The Labute approximate surface area is 101 Å². The Morgan fingerprint density at radius 1 is 1.22 bits per heavy atom. The lowest BCUT2D eigenvalue weighted by atomic mass is 10.1. The molecular weight excluding hydrogens is 234 g/mol. The van der Waals surface area contributed by atoms with Crippen LogP contribution in [0.15, 0.2) is 40.9 Å². The SMILES string of the molecule is O=C(O)c1nnc(-c2ccc3ncccc3c2)o1. The number of rotatable bonds is 2. The van der Waals surface area contributed by atoms with E-state index < -0.39 is 11.9 Å². The Hall–Kier alpha value is -2.76. The molecule has 0 bridgehead atoms. The minimum Gasteiger partial charge on any atom is -0.474 e. The van der Waals surface area contributed by atoms with Gasteiger partial charge in [0, 0.05) is 17.1 Å². The number of aromatic carboxylic acids is 1. The van der Waals surface area contributed by atoms with Gasteiger partial charge < -0.3 is 9.52 Å². The number of carbonyl (C=O) groups is 1. The van der Waals surface area contributed by atoms with Gasteiger partial charge in [-0.1, -0.05) is 6.07 Å². The number of nitrogens with zero attached hydrogens (tertiary/aromatic N) is 3. The molecule has 0 saturated heterocycles. The van der Waals surface area contributed by atoms with Crippen LogP contribution in [0, 0.1) is 0 Å². The van der Waals surface area contributed by atoms with Gasteiger partial charge in [0.05, 0.1) is 5.52 Å². The molecule has 6 nitrogen and oxygen atoms in total. The summed E-state index contributed by atoms with van der Waals surface area (Å²) in [5.74, 6) is -1.48. The Bertz CT molecular complexity index is 736. The zero-order valence-corrected chi connectivity index (χ0v) is 9.07. The van der Waals surface area contributed by atoms with Crippen molar-refractivity contribution in [2.45, 2.75) is 0 Å². The van der Waals surface area contributed by atoms with Crippen LogP contribution in [0.4, 0.5) is 0 Å². The van der Waals surface area contributed by atoms with E-state index in [1.807, 2.05) is 24.3 Å². The molecule has 2 aromatic heterocycles. The van der Waals surface area contributed by atoms with E-state index in [2.05, 4.69) is 15.2 Å². The molecule has 0 unspecified atom stereocenters. The molecule has 1 aromatic carbocycles. The lowest BCUT2D eigenvalue weighted by Crippen LogP contribution is -1.95. The van der Waals surface area contributed by atoms with Crippen molar-refractivity contribution in [3.8, 4) is 11.5 Å². The van der Waals surface area contributed by atoms with Gasteiger partial charge in [-0.15, -0.1) is 10.2 Å². The third-order valence-electron chi connectivity index (χ3n) is 2.46. The van der Waals surface area contributed by atoms with E-state index in [1.54, 1.807) is 12.3 Å². The van der Waals surface area contributed by atoms with Gasteiger partial charge in [0.2, 0.25) is 5.89 Å². The van der Waals surface area contributed by atoms with Crippen LogP contribution in [0.1, 0.15) is 10.7 Å². The lowest BCUT2D eigenvalue weighted by molar-refractivity contribution is 0.0654. The molecule has 0 radical (unpaired) electrons. The van der Waals surface area contributed by atoms with Gasteiger partial charge >= 0.3 is 11.9 Å². The van der Waals surface area contributed by atoms with Crippen molar-refractivity contribution in [2.24, 2.45) is 0 Å². The van der Waals surface area contributed by atoms with Gasteiger partial charge in [-0.2, -0.15) is 0 Å². The molecule has 0 amide bonds. The van der Waals surface area contributed by atoms with Gasteiger partial charge in [0.1, 0.15) is 0 Å². The molecule has 0 aliphatic rings. The third kappa shape index (κ3) is 1.69. The first-order valence-electron chi connectivity index (χ1n) is 5.16. The second-order valence-electron chi connectivity index (χ2n) is 3.63. The number of hydrogen-bond acceptors (Lipinski definition) is 5. The largest absolute Gasteiger partial charge is 0.474 e. The summed E-state index contributed by atoms with van der Waals surface area (Å²) in [6.45, 7) is 0. The van der Waals surface area contributed by atoms with Crippen LogP contribution in [0.2, 0.25) is 0 Å². The lowest BCUT2D eigenvalue weighted by Gasteiger charge is -1.98. The molecule has 0 aliphatic carbocycles. The molecule has 3 rings (SSSR count). The predicted octanol–water partition coefficient (Wildman–Crippen LogP) is 1.98. The first-order chi connectivity index (χ1) is 8.74. The molecule has 0 spiro atoms. The van der Waals surface area contributed by atoms with Crippen molar-refractivity contribution in [3.05, 3.63) is 42.4 Å². The summed E-state index contributed by atoms with van der Waals surface area (Å²) in [4.78, 5) is 14.8. The minimum atomic E-state index is -1.24. The molecule has 18 heavy (non-hydrogen) atoms. The summed E-state index contributed by atoms with van der Waals surface area (Å²) >= 11 is 0. The van der Waals surface area contributed by atoms with E-state index >= 15 is 0 Å². The quantitative estimate of drug-likeness (QED) is 0.737. The molecule has 6 heteroatoms. The number of fused-ring (bicyclic) bond motifs is 1. The first kappa shape index (κ1) is 10.4. The molecule has 2 heterocycles. The second-order valence-corrected chi connectivity index (χ2v) is 3.63. The van der Waals surface area contributed by atoms with Crippen LogP contribution >= 0.6 is 0 Å². The van der Waals surface area contributed by atoms with Gasteiger partial charge in [-0.05, 0) is 24.3 Å². The molecule has 0 fully saturated rings. The van der Waals surface area contributed by atoms with Crippen LogP contribution in [0.25, 0.3) is 22.4 Å². The predicted molar refractivity (Wildman–Crippen MR) is 62.0 cm³/mol. The fraction of sp³-hybridized carbons (Fsp3) is 0. The van der Waals surface area contributed by atoms with E-state index in [0.717, 1.165) is 10.9 Å². The van der Waals surface area contributed by atoms with Gasteiger partial charge in [-0.25, -0.2) is 4.79 Å². The second kappa shape index (κ2) is 3.92. The van der Waals surface area contributed by atoms with Crippen LogP contribution in [-0.2, 0) is 0 Å². The van der Waals surface area contributed by atoms with Crippen molar-refractivity contribution in [2.75, 3.05) is 0 Å². The first-order valence-corrected chi connectivity index (χ1v) is 5.16. The maximum absolute atomic E-state index is 10.7. The normalized spacial score (nSPS) is 10.7. The molecule has 0 saturated carbocycles. The Kier molecular flexibility index (Phi) is 2.26. The number of aromatic nitrogens is 3. The maximum atomic E-state index is 10.7. The number of carboxylic acids is 1. The average Bonchev–Trinajstić information content (AvgIpc) is 2.88. The van der Waals surface area contributed by atoms with Crippen molar-refractivity contribution >= 4 is 16.9 Å². The van der Waals surface area contributed by atoms with Crippen molar-refractivity contribution in [1.29, 1.82) is 0 Å². The van der Waals surface area contributed by atoms with Crippen LogP contribution < -0.4 is 0 Å². The standard InChI is InChI=1S/C12H7N3O3/c16-12(17)11-15-14-10(18-11)8-3-4-9-7(6-8)2-1-5-13-9/h1-6H,(H,16,17). The zero-order chi connectivity index (χ0) is 12.5. The van der Waals surface area contributed by atoms with Gasteiger partial charge in [-0.3, -0.25) is 4.98 Å². The highest BCUT2D eigenvalue weighted by Crippen LogP contribution is 2.22. The molecule has 3 aromatic rings. The number of carboxylic acid groups (broad SMARTS) is 1. The highest BCUT2D eigenvalue weighted by molar-refractivity contribution is 5.84. The Morgan fingerprint density at radius 3 is 2.89 bits per heavy atom. The van der Waals surface area contributed by atoms with Crippen LogP contribution in [0.3, 0.4) is 0 Å². The zero-order valence-electron chi connectivity index (χ0n) is 9.07. The summed E-state index contributed by atoms with van der Waals surface area (Å²) in [7, 11) is 0. The summed E-state index contributed by atoms with van der Waals surface area (Å²) in [6.07, 6.45) is 1.71. The Morgan fingerprint density at radius 2 is 2.11 bits per heavy atom. The van der Waals surface area contributed by atoms with Gasteiger partial charge in [0.25, 0.3) is 0 Å². The summed E-state index contributed by atoms with van der Waals surface area (Å²) < 4.78 is 5.04. The van der Waals surface area contributed by atoms with E-state index in [0.29, 0.717) is 5.56 Å². The highest BCUT2D eigenvalue weighted by Gasteiger charge is 2.14. The third-order valence-corrected chi connectivity index (χ3v) is 2.46. The van der Waals surface area contributed by atoms with Crippen LogP contribution in [0.5, 0.6) is 0 Å². The average molecular weight is 241 g/mol. The monoisotopic (exact) mass is 241 g/mol. The summed E-state index contributed by atoms with van der Waals surface area (Å²) in [5, 5.41) is 16.8.